The third-order valence-electron chi connectivity index (χ3n) is 5.02. The molecule has 0 aliphatic carbocycles. The summed E-state index contributed by atoms with van der Waals surface area (Å²) in [5.41, 5.74) is 4.09. The molecule has 0 spiro atoms. The average molecular weight is 281 g/mol. The fourth-order valence-corrected chi connectivity index (χ4v) is 4.06. The smallest absolute Gasteiger partial charge is 0.176 e. The Morgan fingerprint density at radius 1 is 1.05 bits per heavy atom. The predicted molar refractivity (Wildman–Crippen MR) is 81.5 cm³/mol. The second-order valence-corrected chi connectivity index (χ2v) is 6.67. The van der Waals surface area contributed by atoms with Crippen LogP contribution in [0.15, 0.2) is 43.0 Å². The summed E-state index contributed by atoms with van der Waals surface area (Å²) in [6, 6.07) is 8.14. The second-order valence-electron chi connectivity index (χ2n) is 6.67. The molecule has 0 saturated carbocycles. The summed E-state index contributed by atoms with van der Waals surface area (Å²) in [6.07, 6.45) is 12.8. The molecule has 2 aromatic rings. The van der Waals surface area contributed by atoms with E-state index in [1.165, 1.54) is 36.0 Å². The molecule has 3 atom stereocenters. The van der Waals surface area contributed by atoms with Crippen LogP contribution in [0.25, 0.3) is 11.1 Å². The van der Waals surface area contributed by atoms with E-state index in [1.54, 1.807) is 0 Å². The highest BCUT2D eigenvalue weighted by Gasteiger charge is 2.40. The standard InChI is InChI=1S/C18H23N3/c1-20-7-3-4-13(10-20)14-8-15(12-21(2)11-14)17-9-16-5-6-18(17)19-16/h3-4,7-8,10-12,16-19H,5-6,9H2,1-2H3/q+2. The monoisotopic (exact) mass is 281 g/mol. The summed E-state index contributed by atoms with van der Waals surface area (Å²) in [5, 5.41) is 3.75. The summed E-state index contributed by atoms with van der Waals surface area (Å²) in [4.78, 5) is 0. The lowest BCUT2D eigenvalue weighted by atomic mass is 9.84. The van der Waals surface area contributed by atoms with E-state index in [4.69, 9.17) is 0 Å². The van der Waals surface area contributed by atoms with Gasteiger partial charge in [0, 0.05) is 29.6 Å². The normalized spacial score (nSPS) is 27.2. The van der Waals surface area contributed by atoms with Gasteiger partial charge in [0.05, 0.1) is 11.1 Å². The molecule has 4 heterocycles. The highest BCUT2D eigenvalue weighted by molar-refractivity contribution is 5.60. The van der Waals surface area contributed by atoms with Crippen molar-refractivity contribution >= 4 is 0 Å². The lowest BCUT2D eigenvalue weighted by molar-refractivity contribution is -0.672. The van der Waals surface area contributed by atoms with Gasteiger partial charge in [0.15, 0.2) is 24.8 Å². The van der Waals surface area contributed by atoms with Crippen molar-refractivity contribution in [2.24, 2.45) is 14.1 Å². The van der Waals surface area contributed by atoms with Crippen LogP contribution in [0.4, 0.5) is 0 Å². The number of nitrogens with one attached hydrogen (secondary N) is 1. The Bertz CT molecular complexity index is 680. The van der Waals surface area contributed by atoms with Gasteiger partial charge >= 0.3 is 0 Å². The van der Waals surface area contributed by atoms with E-state index in [1.807, 2.05) is 0 Å². The first kappa shape index (κ1) is 13.0. The molecule has 3 nitrogen and oxygen atoms in total. The van der Waals surface area contributed by atoms with Crippen LogP contribution in [0.2, 0.25) is 0 Å². The molecule has 0 aromatic carbocycles. The van der Waals surface area contributed by atoms with Crippen LogP contribution in [0, 0.1) is 0 Å². The molecule has 3 heteroatoms. The SMILES string of the molecule is C[n+]1cccc(-c2cc(C3CC4CCC3N4)c[n+](C)c2)c1. The first-order chi connectivity index (χ1) is 10.2. The van der Waals surface area contributed by atoms with Gasteiger partial charge in [0.2, 0.25) is 0 Å². The van der Waals surface area contributed by atoms with E-state index in [0.717, 1.165) is 6.04 Å². The second kappa shape index (κ2) is 4.92. The lowest BCUT2D eigenvalue weighted by Crippen LogP contribution is -2.31. The number of fused-ring (bicyclic) bond motifs is 2. The van der Waals surface area contributed by atoms with E-state index in [2.05, 4.69) is 71.5 Å². The molecule has 0 radical (unpaired) electrons. The lowest BCUT2D eigenvalue weighted by Gasteiger charge is -2.19. The number of pyridine rings is 2. The third kappa shape index (κ3) is 2.36. The average Bonchev–Trinajstić information content (AvgIpc) is 3.09. The van der Waals surface area contributed by atoms with Gasteiger partial charge in [0.1, 0.15) is 14.1 Å². The molecular weight excluding hydrogens is 258 g/mol. The quantitative estimate of drug-likeness (QED) is 0.829. The van der Waals surface area contributed by atoms with Crippen molar-refractivity contribution < 1.29 is 9.13 Å². The Balaban J connectivity index is 1.73. The van der Waals surface area contributed by atoms with Crippen molar-refractivity contribution in [3.8, 4) is 11.1 Å². The van der Waals surface area contributed by atoms with Crippen LogP contribution in [0.3, 0.4) is 0 Å². The molecule has 2 bridgehead atoms. The Morgan fingerprint density at radius 2 is 1.90 bits per heavy atom. The fourth-order valence-electron chi connectivity index (χ4n) is 4.06. The van der Waals surface area contributed by atoms with Crippen LogP contribution in [0.5, 0.6) is 0 Å². The minimum atomic E-state index is 0.687. The molecule has 2 aliphatic heterocycles. The highest BCUT2D eigenvalue weighted by Crippen LogP contribution is 2.40. The van der Waals surface area contributed by atoms with Crippen molar-refractivity contribution in [2.45, 2.75) is 37.3 Å². The maximum Gasteiger partial charge on any atom is 0.176 e. The Kier molecular flexibility index (Phi) is 3.03. The topological polar surface area (TPSA) is 19.8 Å². The van der Waals surface area contributed by atoms with Crippen LogP contribution in [-0.2, 0) is 14.1 Å². The zero-order chi connectivity index (χ0) is 14.4. The summed E-state index contributed by atoms with van der Waals surface area (Å²) < 4.78 is 4.32. The van der Waals surface area contributed by atoms with E-state index < -0.39 is 0 Å². The summed E-state index contributed by atoms with van der Waals surface area (Å²) in [7, 11) is 4.21. The predicted octanol–water partition coefficient (Wildman–Crippen LogP) is 1.61. The van der Waals surface area contributed by atoms with Gasteiger partial charge in [-0.3, -0.25) is 0 Å². The van der Waals surface area contributed by atoms with E-state index in [9.17, 15) is 0 Å². The molecular formula is C18H23N3+2. The Hall–Kier alpha value is -1.74. The highest BCUT2D eigenvalue weighted by atomic mass is 15.0. The van der Waals surface area contributed by atoms with Gasteiger partial charge in [-0.15, -0.1) is 0 Å². The van der Waals surface area contributed by atoms with Gasteiger partial charge in [0.25, 0.3) is 0 Å². The molecule has 2 saturated heterocycles. The van der Waals surface area contributed by atoms with Crippen LogP contribution in [0.1, 0.15) is 30.7 Å². The number of nitrogens with zero attached hydrogens (tertiary/aromatic N) is 2. The summed E-state index contributed by atoms with van der Waals surface area (Å²) in [6.45, 7) is 0. The maximum absolute atomic E-state index is 3.75. The van der Waals surface area contributed by atoms with Crippen molar-refractivity contribution in [2.75, 3.05) is 0 Å². The molecule has 21 heavy (non-hydrogen) atoms. The van der Waals surface area contributed by atoms with Crippen LogP contribution in [-0.4, -0.2) is 12.1 Å². The zero-order valence-corrected chi connectivity index (χ0v) is 12.8. The molecule has 0 amide bonds. The Morgan fingerprint density at radius 3 is 2.62 bits per heavy atom. The van der Waals surface area contributed by atoms with Crippen LogP contribution < -0.4 is 14.5 Å². The first-order valence-corrected chi connectivity index (χ1v) is 7.91. The minimum absolute atomic E-state index is 0.687. The number of rotatable bonds is 2. The number of hydrogen-bond acceptors (Lipinski definition) is 1. The molecule has 4 rings (SSSR count). The summed E-state index contributed by atoms with van der Waals surface area (Å²) in [5.74, 6) is 0.687. The molecule has 108 valence electrons. The molecule has 2 fully saturated rings. The zero-order valence-electron chi connectivity index (χ0n) is 12.8. The van der Waals surface area contributed by atoms with Crippen molar-refractivity contribution in [1.29, 1.82) is 0 Å². The van der Waals surface area contributed by atoms with Crippen LogP contribution >= 0.6 is 0 Å². The van der Waals surface area contributed by atoms with E-state index in [-0.39, 0.29) is 0 Å². The van der Waals surface area contributed by atoms with E-state index in [0.29, 0.717) is 12.0 Å². The van der Waals surface area contributed by atoms with Gasteiger partial charge in [-0.1, -0.05) is 0 Å². The largest absolute Gasteiger partial charge is 0.311 e. The fraction of sp³-hybridized carbons (Fsp3) is 0.444. The summed E-state index contributed by atoms with van der Waals surface area (Å²) >= 11 is 0. The van der Waals surface area contributed by atoms with Crippen molar-refractivity contribution in [3.63, 3.8) is 0 Å². The first-order valence-electron chi connectivity index (χ1n) is 7.91. The number of hydrogen-bond donors (Lipinski definition) is 1. The molecule has 2 aliphatic rings. The van der Waals surface area contributed by atoms with Crippen molar-refractivity contribution in [1.82, 2.24) is 5.32 Å². The van der Waals surface area contributed by atoms with E-state index >= 15 is 0 Å². The minimum Gasteiger partial charge on any atom is -0.311 e. The van der Waals surface area contributed by atoms with Gasteiger partial charge in [-0.2, -0.15) is 0 Å². The van der Waals surface area contributed by atoms with Gasteiger partial charge in [-0.05, 0) is 31.4 Å². The third-order valence-corrected chi connectivity index (χ3v) is 5.02. The molecule has 3 unspecified atom stereocenters. The molecule has 1 N–H and O–H groups in total. The van der Waals surface area contributed by atoms with Gasteiger partial charge < -0.3 is 5.32 Å². The number of aryl methyl sites for hydroxylation is 2. The van der Waals surface area contributed by atoms with Gasteiger partial charge in [-0.25, -0.2) is 9.13 Å². The Labute approximate surface area is 126 Å². The van der Waals surface area contributed by atoms with Crippen molar-refractivity contribution in [3.05, 3.63) is 48.5 Å². The molecule has 2 aromatic heterocycles. The maximum atomic E-state index is 3.75. The number of aromatic nitrogens is 2.